The van der Waals surface area contributed by atoms with Gasteiger partial charge in [0.25, 0.3) is 0 Å². The van der Waals surface area contributed by atoms with Crippen LogP contribution in [0, 0.1) is 0 Å². The molecule has 0 heterocycles. The monoisotopic (exact) mass is 157 g/mol. The number of hydrogen-bond donors (Lipinski definition) is 0. The minimum Gasteiger partial charge on any atom is -0.301 e. The van der Waals surface area contributed by atoms with E-state index in [0.29, 0.717) is 25.5 Å². The molecule has 0 N–H and O–H groups in total. The first-order valence-corrected chi connectivity index (χ1v) is 3.44. The Morgan fingerprint density at radius 3 is 2.45 bits per heavy atom. The summed E-state index contributed by atoms with van der Waals surface area (Å²) in [6.45, 7) is 1.70. The van der Waals surface area contributed by atoms with Gasteiger partial charge in [-0.25, -0.2) is 0 Å². The van der Waals surface area contributed by atoms with Crippen LogP contribution in [0.5, 0.6) is 0 Å². The fourth-order valence-electron chi connectivity index (χ4n) is 0.641. The lowest BCUT2D eigenvalue weighted by molar-refractivity contribution is -0.139. The molecular weight excluding hydrogens is 146 g/mol. The van der Waals surface area contributed by atoms with Crippen molar-refractivity contribution >= 4 is 18.6 Å². The first-order valence-electron chi connectivity index (χ1n) is 3.44. The number of nitrogens with zero attached hydrogens (tertiary/aromatic N) is 1. The molecule has 0 aromatic carbocycles. The van der Waals surface area contributed by atoms with E-state index in [1.807, 2.05) is 6.92 Å². The van der Waals surface area contributed by atoms with Crippen molar-refractivity contribution in [2.45, 2.75) is 19.8 Å². The van der Waals surface area contributed by atoms with E-state index in [-0.39, 0.29) is 12.5 Å². The van der Waals surface area contributed by atoms with Gasteiger partial charge in [0, 0.05) is 6.42 Å². The summed E-state index contributed by atoms with van der Waals surface area (Å²) >= 11 is 0. The van der Waals surface area contributed by atoms with E-state index in [0.717, 1.165) is 4.90 Å². The van der Waals surface area contributed by atoms with E-state index < -0.39 is 0 Å². The van der Waals surface area contributed by atoms with E-state index in [1.54, 1.807) is 0 Å². The van der Waals surface area contributed by atoms with Gasteiger partial charge in [-0.05, 0) is 6.42 Å². The minimum absolute atomic E-state index is 0.137. The van der Waals surface area contributed by atoms with Crippen LogP contribution in [-0.2, 0) is 14.4 Å². The Kier molecular flexibility index (Phi) is 4.98. The third-order valence-corrected chi connectivity index (χ3v) is 1.18. The zero-order valence-corrected chi connectivity index (χ0v) is 6.45. The zero-order valence-electron chi connectivity index (χ0n) is 6.45. The number of hydrogen-bond acceptors (Lipinski definition) is 3. The molecule has 0 saturated carbocycles. The maximum absolute atomic E-state index is 10.9. The molecule has 0 bridgehead atoms. The molecule has 4 nitrogen and oxygen atoms in total. The molecule has 0 unspecified atom stereocenters. The van der Waals surface area contributed by atoms with Gasteiger partial charge in [-0.2, -0.15) is 0 Å². The molecule has 11 heavy (non-hydrogen) atoms. The van der Waals surface area contributed by atoms with Crippen LogP contribution in [0.2, 0.25) is 0 Å². The Hall–Kier alpha value is -1.19. The van der Waals surface area contributed by atoms with Crippen LogP contribution in [0.15, 0.2) is 0 Å². The summed E-state index contributed by atoms with van der Waals surface area (Å²) < 4.78 is 0. The van der Waals surface area contributed by atoms with Crippen molar-refractivity contribution in [3.05, 3.63) is 0 Å². The van der Waals surface area contributed by atoms with Gasteiger partial charge in [-0.3, -0.25) is 14.5 Å². The molecule has 0 aromatic heterocycles. The Morgan fingerprint density at radius 1 is 1.45 bits per heavy atom. The van der Waals surface area contributed by atoms with E-state index in [1.165, 1.54) is 0 Å². The second-order valence-electron chi connectivity index (χ2n) is 2.07. The Balaban J connectivity index is 3.90. The largest absolute Gasteiger partial charge is 0.301 e. The first kappa shape index (κ1) is 9.81. The van der Waals surface area contributed by atoms with Crippen molar-refractivity contribution < 1.29 is 14.4 Å². The van der Waals surface area contributed by atoms with Crippen LogP contribution in [0.1, 0.15) is 19.8 Å². The van der Waals surface area contributed by atoms with E-state index in [2.05, 4.69) is 0 Å². The molecule has 0 aliphatic rings. The molecular formula is C7H11NO3. The highest BCUT2D eigenvalue weighted by Crippen LogP contribution is 1.92. The third kappa shape index (κ3) is 3.50. The molecule has 62 valence electrons. The molecule has 0 aliphatic carbocycles. The maximum atomic E-state index is 10.9. The summed E-state index contributed by atoms with van der Waals surface area (Å²) in [7, 11) is 0. The first-order chi connectivity index (χ1) is 5.26. The number of carbonyl (C=O) groups is 3. The lowest BCUT2D eigenvalue weighted by Crippen LogP contribution is -2.30. The SMILES string of the molecule is CCCC(=O)N(C=O)CC=O. The van der Waals surface area contributed by atoms with Crippen molar-refractivity contribution in [2.24, 2.45) is 0 Å². The van der Waals surface area contributed by atoms with Crippen molar-refractivity contribution in [2.75, 3.05) is 6.54 Å². The van der Waals surface area contributed by atoms with Crippen LogP contribution >= 0.6 is 0 Å². The number of carbonyl (C=O) groups excluding carboxylic acids is 3. The molecule has 4 heteroatoms. The van der Waals surface area contributed by atoms with Gasteiger partial charge in [0.05, 0.1) is 6.54 Å². The molecule has 2 amide bonds. The highest BCUT2D eigenvalue weighted by Gasteiger charge is 2.09. The summed E-state index contributed by atoms with van der Waals surface area (Å²) in [6.07, 6.45) is 1.91. The van der Waals surface area contributed by atoms with Crippen LogP contribution in [0.4, 0.5) is 0 Å². The third-order valence-electron chi connectivity index (χ3n) is 1.18. The van der Waals surface area contributed by atoms with Crippen LogP contribution in [0.3, 0.4) is 0 Å². The van der Waals surface area contributed by atoms with Crippen LogP contribution in [-0.4, -0.2) is 30.0 Å². The highest BCUT2D eigenvalue weighted by atomic mass is 16.2. The standard InChI is InChI=1S/C7H11NO3/c1-2-3-7(11)8(6-10)4-5-9/h5-6H,2-4H2,1H3. The van der Waals surface area contributed by atoms with Gasteiger partial charge < -0.3 is 4.79 Å². The molecule has 0 aliphatic heterocycles. The number of amides is 2. The predicted molar refractivity (Wildman–Crippen MR) is 38.7 cm³/mol. The van der Waals surface area contributed by atoms with Gasteiger partial charge in [0.2, 0.25) is 12.3 Å². The Labute approximate surface area is 65.2 Å². The predicted octanol–water partition coefficient (Wildman–Crippen LogP) is -0.0296. The average molecular weight is 157 g/mol. The van der Waals surface area contributed by atoms with Gasteiger partial charge >= 0.3 is 0 Å². The summed E-state index contributed by atoms with van der Waals surface area (Å²) in [5, 5.41) is 0. The van der Waals surface area contributed by atoms with Crippen LogP contribution < -0.4 is 0 Å². The molecule has 0 aromatic rings. The number of imide groups is 1. The summed E-state index contributed by atoms with van der Waals surface area (Å²) in [5.41, 5.74) is 0. The molecule has 0 rings (SSSR count). The summed E-state index contributed by atoms with van der Waals surface area (Å²) in [6, 6.07) is 0. The van der Waals surface area contributed by atoms with Gasteiger partial charge in [-0.15, -0.1) is 0 Å². The minimum atomic E-state index is -0.297. The topological polar surface area (TPSA) is 54.5 Å². The second-order valence-corrected chi connectivity index (χ2v) is 2.07. The van der Waals surface area contributed by atoms with Gasteiger partial charge in [0.1, 0.15) is 6.29 Å². The normalized spacial score (nSPS) is 8.82. The number of rotatable bonds is 5. The van der Waals surface area contributed by atoms with E-state index in [4.69, 9.17) is 0 Å². The average Bonchev–Trinajstić information content (AvgIpc) is 2.00. The lowest BCUT2D eigenvalue weighted by Gasteiger charge is -2.09. The molecule has 0 atom stereocenters. The summed E-state index contributed by atoms with van der Waals surface area (Å²) in [4.78, 5) is 31.9. The van der Waals surface area contributed by atoms with Crippen LogP contribution in [0.25, 0.3) is 0 Å². The molecule has 0 radical (unpaired) electrons. The summed E-state index contributed by atoms with van der Waals surface area (Å²) in [5.74, 6) is -0.297. The highest BCUT2D eigenvalue weighted by molar-refractivity contribution is 5.88. The van der Waals surface area contributed by atoms with Crippen molar-refractivity contribution in [3.8, 4) is 0 Å². The zero-order chi connectivity index (χ0) is 8.69. The molecule has 0 fully saturated rings. The van der Waals surface area contributed by atoms with Gasteiger partial charge in [-0.1, -0.05) is 6.92 Å². The quantitative estimate of drug-likeness (QED) is 0.526. The second kappa shape index (κ2) is 5.58. The van der Waals surface area contributed by atoms with Gasteiger partial charge in [0.15, 0.2) is 0 Å². The van der Waals surface area contributed by atoms with E-state index in [9.17, 15) is 14.4 Å². The fraction of sp³-hybridized carbons (Fsp3) is 0.571. The van der Waals surface area contributed by atoms with Crippen molar-refractivity contribution in [3.63, 3.8) is 0 Å². The Bertz CT molecular complexity index is 156. The van der Waals surface area contributed by atoms with E-state index >= 15 is 0 Å². The smallest absolute Gasteiger partial charge is 0.229 e. The lowest BCUT2D eigenvalue weighted by atomic mass is 10.3. The maximum Gasteiger partial charge on any atom is 0.229 e. The van der Waals surface area contributed by atoms with Crippen molar-refractivity contribution in [1.29, 1.82) is 0 Å². The fourth-order valence-corrected chi connectivity index (χ4v) is 0.641. The molecule has 0 saturated heterocycles. The number of aldehydes is 1. The molecule has 0 spiro atoms. The van der Waals surface area contributed by atoms with Crippen molar-refractivity contribution in [1.82, 2.24) is 4.90 Å². The Morgan fingerprint density at radius 2 is 2.09 bits per heavy atom.